The van der Waals surface area contributed by atoms with Crippen molar-refractivity contribution in [3.05, 3.63) is 11.9 Å². The molecule has 0 aliphatic carbocycles. The Morgan fingerprint density at radius 2 is 2.24 bits per heavy atom. The van der Waals surface area contributed by atoms with Gasteiger partial charge >= 0.3 is 0 Å². The standard InChI is InChI=1S/C9H15F2N5O/c1-6-8(15-12)13-5-14-9(6)16(2-3-17)4-7(10)11/h5,7,17H,2-4,12H2,1H3,(H,13,14,15). The van der Waals surface area contributed by atoms with Crippen molar-refractivity contribution >= 4 is 11.6 Å². The second-order valence-electron chi connectivity index (χ2n) is 3.38. The van der Waals surface area contributed by atoms with Crippen LogP contribution in [-0.2, 0) is 0 Å². The predicted molar refractivity (Wildman–Crippen MR) is 59.9 cm³/mol. The molecule has 96 valence electrons. The van der Waals surface area contributed by atoms with Crippen LogP contribution in [0, 0.1) is 6.92 Å². The lowest BCUT2D eigenvalue weighted by Gasteiger charge is -2.24. The molecule has 0 unspecified atom stereocenters. The number of anilines is 2. The van der Waals surface area contributed by atoms with Gasteiger partial charge in [0.25, 0.3) is 6.43 Å². The molecular weight excluding hydrogens is 232 g/mol. The van der Waals surface area contributed by atoms with Crippen LogP contribution >= 0.6 is 0 Å². The number of nitrogens with one attached hydrogen (secondary N) is 1. The van der Waals surface area contributed by atoms with Crippen molar-refractivity contribution in [1.29, 1.82) is 0 Å². The zero-order chi connectivity index (χ0) is 12.8. The number of nitrogen functional groups attached to an aromatic ring is 1. The molecule has 0 bridgehead atoms. The van der Waals surface area contributed by atoms with E-state index in [4.69, 9.17) is 10.9 Å². The molecule has 0 saturated carbocycles. The van der Waals surface area contributed by atoms with Crippen molar-refractivity contribution in [2.75, 3.05) is 30.0 Å². The van der Waals surface area contributed by atoms with E-state index in [-0.39, 0.29) is 13.2 Å². The first-order chi connectivity index (χ1) is 8.10. The number of hydrogen-bond acceptors (Lipinski definition) is 6. The van der Waals surface area contributed by atoms with Crippen molar-refractivity contribution in [2.45, 2.75) is 13.3 Å². The number of alkyl halides is 2. The van der Waals surface area contributed by atoms with Gasteiger partial charge < -0.3 is 15.4 Å². The zero-order valence-electron chi connectivity index (χ0n) is 9.40. The van der Waals surface area contributed by atoms with E-state index in [1.807, 2.05) is 0 Å². The highest BCUT2D eigenvalue weighted by Crippen LogP contribution is 2.21. The Morgan fingerprint density at radius 1 is 1.53 bits per heavy atom. The summed E-state index contributed by atoms with van der Waals surface area (Å²) in [5, 5.41) is 8.86. The molecule has 0 saturated heterocycles. The number of nitrogens with zero attached hydrogens (tertiary/aromatic N) is 3. The molecule has 0 fully saturated rings. The molecular formula is C9H15F2N5O. The van der Waals surface area contributed by atoms with Gasteiger partial charge in [-0.2, -0.15) is 0 Å². The van der Waals surface area contributed by atoms with Crippen molar-refractivity contribution in [3.8, 4) is 0 Å². The number of hydrazine groups is 1. The lowest BCUT2D eigenvalue weighted by molar-refractivity contribution is 0.152. The quantitative estimate of drug-likeness (QED) is 0.489. The van der Waals surface area contributed by atoms with Gasteiger partial charge in [-0.3, -0.25) is 0 Å². The third-order valence-electron chi connectivity index (χ3n) is 2.22. The van der Waals surface area contributed by atoms with Crippen molar-refractivity contribution in [2.24, 2.45) is 5.84 Å². The highest BCUT2D eigenvalue weighted by atomic mass is 19.3. The van der Waals surface area contributed by atoms with E-state index in [1.165, 1.54) is 11.2 Å². The van der Waals surface area contributed by atoms with Crippen molar-refractivity contribution < 1.29 is 13.9 Å². The minimum absolute atomic E-state index is 0.0756. The van der Waals surface area contributed by atoms with Gasteiger partial charge in [-0.05, 0) is 6.92 Å². The minimum atomic E-state index is -2.51. The molecule has 6 nitrogen and oxygen atoms in total. The summed E-state index contributed by atoms with van der Waals surface area (Å²) in [5.74, 6) is 5.94. The Morgan fingerprint density at radius 3 is 2.76 bits per heavy atom. The monoisotopic (exact) mass is 247 g/mol. The van der Waals surface area contributed by atoms with E-state index in [0.717, 1.165) is 0 Å². The normalized spacial score (nSPS) is 10.7. The molecule has 1 heterocycles. The molecule has 0 aliphatic rings. The molecule has 0 radical (unpaired) electrons. The van der Waals surface area contributed by atoms with E-state index in [0.29, 0.717) is 17.2 Å². The number of aliphatic hydroxyl groups is 1. The van der Waals surface area contributed by atoms with Crippen LogP contribution in [0.15, 0.2) is 6.33 Å². The summed E-state index contributed by atoms with van der Waals surface area (Å²) in [5.41, 5.74) is 2.92. The SMILES string of the molecule is Cc1c(NN)ncnc1N(CCO)CC(F)F. The Labute approximate surface area is 97.4 Å². The predicted octanol–water partition coefficient (Wildman–Crippen LogP) is 0.134. The van der Waals surface area contributed by atoms with Crippen LogP contribution in [0.3, 0.4) is 0 Å². The van der Waals surface area contributed by atoms with Crippen LogP contribution in [0.4, 0.5) is 20.4 Å². The molecule has 1 aromatic rings. The molecule has 1 rings (SSSR count). The van der Waals surface area contributed by atoms with Gasteiger partial charge in [0, 0.05) is 12.1 Å². The van der Waals surface area contributed by atoms with E-state index in [9.17, 15) is 8.78 Å². The molecule has 8 heteroatoms. The van der Waals surface area contributed by atoms with Crippen LogP contribution in [0.25, 0.3) is 0 Å². The van der Waals surface area contributed by atoms with Gasteiger partial charge in [-0.15, -0.1) is 0 Å². The van der Waals surface area contributed by atoms with E-state index >= 15 is 0 Å². The summed E-state index contributed by atoms with van der Waals surface area (Å²) in [6.07, 6.45) is -1.28. The summed E-state index contributed by atoms with van der Waals surface area (Å²) in [6, 6.07) is 0. The maximum Gasteiger partial charge on any atom is 0.255 e. The Kier molecular flexibility index (Phi) is 4.98. The second kappa shape index (κ2) is 6.26. The first kappa shape index (κ1) is 13.5. The molecule has 0 aromatic carbocycles. The average molecular weight is 247 g/mol. The maximum atomic E-state index is 12.4. The highest BCUT2D eigenvalue weighted by Gasteiger charge is 2.17. The van der Waals surface area contributed by atoms with Gasteiger partial charge in [-0.25, -0.2) is 24.6 Å². The van der Waals surface area contributed by atoms with Gasteiger partial charge in [-0.1, -0.05) is 0 Å². The lowest BCUT2D eigenvalue weighted by atomic mass is 10.3. The number of aromatic nitrogens is 2. The molecule has 0 aliphatic heterocycles. The summed E-state index contributed by atoms with van der Waals surface area (Å²) in [7, 11) is 0. The molecule has 4 N–H and O–H groups in total. The number of nitrogens with two attached hydrogens (primary N) is 1. The topological polar surface area (TPSA) is 87.3 Å². The maximum absolute atomic E-state index is 12.4. The molecule has 17 heavy (non-hydrogen) atoms. The molecule has 0 amide bonds. The number of aliphatic hydroxyl groups excluding tert-OH is 1. The van der Waals surface area contributed by atoms with Gasteiger partial charge in [0.15, 0.2) is 0 Å². The van der Waals surface area contributed by atoms with E-state index in [1.54, 1.807) is 6.92 Å². The lowest BCUT2D eigenvalue weighted by Crippen LogP contribution is -2.33. The number of hydrogen-bond donors (Lipinski definition) is 3. The summed E-state index contributed by atoms with van der Waals surface area (Å²) in [4.78, 5) is 9.08. The fraction of sp³-hybridized carbons (Fsp3) is 0.556. The smallest absolute Gasteiger partial charge is 0.255 e. The Hall–Kier alpha value is -1.54. The van der Waals surface area contributed by atoms with Crippen molar-refractivity contribution in [3.63, 3.8) is 0 Å². The Bertz CT molecular complexity index is 363. The first-order valence-corrected chi connectivity index (χ1v) is 5.02. The third-order valence-corrected chi connectivity index (χ3v) is 2.22. The van der Waals surface area contributed by atoms with Crippen LogP contribution in [0.1, 0.15) is 5.56 Å². The van der Waals surface area contributed by atoms with Gasteiger partial charge in [0.05, 0.1) is 13.2 Å². The average Bonchev–Trinajstić information content (AvgIpc) is 2.28. The summed E-state index contributed by atoms with van der Waals surface area (Å²) in [6.45, 7) is 1.01. The minimum Gasteiger partial charge on any atom is -0.395 e. The van der Waals surface area contributed by atoms with Crippen LogP contribution in [0.2, 0.25) is 0 Å². The fourth-order valence-corrected chi connectivity index (χ4v) is 1.48. The molecule has 0 spiro atoms. The third kappa shape index (κ3) is 3.46. The van der Waals surface area contributed by atoms with Crippen LogP contribution in [0.5, 0.6) is 0 Å². The fourth-order valence-electron chi connectivity index (χ4n) is 1.48. The summed E-state index contributed by atoms with van der Waals surface area (Å²) >= 11 is 0. The first-order valence-electron chi connectivity index (χ1n) is 5.02. The Balaban J connectivity index is 3.00. The largest absolute Gasteiger partial charge is 0.395 e. The summed E-state index contributed by atoms with van der Waals surface area (Å²) < 4.78 is 24.8. The van der Waals surface area contributed by atoms with E-state index in [2.05, 4.69) is 15.4 Å². The molecule has 1 aromatic heterocycles. The van der Waals surface area contributed by atoms with Crippen LogP contribution < -0.4 is 16.2 Å². The highest BCUT2D eigenvalue weighted by molar-refractivity contribution is 5.57. The second-order valence-corrected chi connectivity index (χ2v) is 3.38. The number of rotatable bonds is 6. The van der Waals surface area contributed by atoms with Crippen LogP contribution in [-0.4, -0.2) is 41.2 Å². The number of halogens is 2. The molecule has 0 atom stereocenters. The zero-order valence-corrected chi connectivity index (χ0v) is 9.40. The van der Waals surface area contributed by atoms with Gasteiger partial charge in [0.2, 0.25) is 0 Å². The van der Waals surface area contributed by atoms with Gasteiger partial charge in [0.1, 0.15) is 18.0 Å². The van der Waals surface area contributed by atoms with Crippen molar-refractivity contribution in [1.82, 2.24) is 9.97 Å². The van der Waals surface area contributed by atoms with E-state index < -0.39 is 13.0 Å².